The summed E-state index contributed by atoms with van der Waals surface area (Å²) in [4.78, 5) is 16.1. The lowest BCUT2D eigenvalue weighted by Gasteiger charge is -2.10. The van der Waals surface area contributed by atoms with Gasteiger partial charge in [-0.25, -0.2) is 4.98 Å². The van der Waals surface area contributed by atoms with Gasteiger partial charge in [-0.2, -0.15) is 0 Å². The van der Waals surface area contributed by atoms with Gasteiger partial charge in [-0.3, -0.25) is 9.36 Å². The van der Waals surface area contributed by atoms with Crippen molar-refractivity contribution in [3.63, 3.8) is 0 Å². The smallest absolute Gasteiger partial charge is 0.253 e. The Morgan fingerprint density at radius 1 is 1.33 bits per heavy atom. The Kier molecular flexibility index (Phi) is 6.05. The van der Waals surface area contributed by atoms with E-state index in [0.717, 1.165) is 30.5 Å². The Morgan fingerprint density at radius 3 is 2.67 bits per heavy atom. The molecule has 0 saturated heterocycles. The molecule has 0 amide bonds. The van der Waals surface area contributed by atoms with E-state index in [2.05, 4.69) is 24.1 Å². The van der Waals surface area contributed by atoms with Crippen molar-refractivity contribution in [1.82, 2.24) is 14.9 Å². The molecule has 102 valence electrons. The van der Waals surface area contributed by atoms with Gasteiger partial charge in [0.2, 0.25) is 0 Å². The lowest BCUT2D eigenvalue weighted by Crippen LogP contribution is -2.29. The molecule has 0 aromatic carbocycles. The lowest BCUT2D eigenvalue weighted by atomic mass is 10.1. The van der Waals surface area contributed by atoms with Crippen LogP contribution in [-0.2, 0) is 6.54 Å². The van der Waals surface area contributed by atoms with Crippen LogP contribution in [0.5, 0.6) is 0 Å². The van der Waals surface area contributed by atoms with Gasteiger partial charge in [0.05, 0.1) is 0 Å². The van der Waals surface area contributed by atoms with Gasteiger partial charge in [-0.15, -0.1) is 0 Å². The zero-order valence-corrected chi connectivity index (χ0v) is 12.0. The van der Waals surface area contributed by atoms with Crippen LogP contribution in [0.4, 0.5) is 0 Å². The van der Waals surface area contributed by atoms with Crippen LogP contribution in [0.15, 0.2) is 10.9 Å². The highest BCUT2D eigenvalue weighted by Gasteiger charge is 2.02. The summed E-state index contributed by atoms with van der Waals surface area (Å²) in [6.45, 7) is 10.7. The second kappa shape index (κ2) is 7.31. The molecule has 1 aromatic heterocycles. The number of hydrogen-bond acceptors (Lipinski definition) is 3. The zero-order chi connectivity index (χ0) is 13.5. The molecule has 0 unspecified atom stereocenters. The fourth-order valence-corrected chi connectivity index (χ4v) is 1.99. The summed E-state index contributed by atoms with van der Waals surface area (Å²) in [5, 5.41) is 3.37. The first-order chi connectivity index (χ1) is 8.50. The summed E-state index contributed by atoms with van der Waals surface area (Å²) in [6.07, 6.45) is 2.44. The molecule has 0 aliphatic carbocycles. The van der Waals surface area contributed by atoms with Crippen LogP contribution in [0.25, 0.3) is 0 Å². The van der Waals surface area contributed by atoms with Crippen LogP contribution < -0.4 is 10.9 Å². The molecule has 0 radical (unpaired) electrons. The van der Waals surface area contributed by atoms with E-state index in [4.69, 9.17) is 0 Å². The van der Waals surface area contributed by atoms with Crippen LogP contribution in [-0.4, -0.2) is 22.6 Å². The van der Waals surface area contributed by atoms with Crippen LogP contribution in [0.2, 0.25) is 0 Å². The SMILES string of the molecule is Cc1cc(=O)n(CCNCCCC(C)C)c(C)n1. The minimum atomic E-state index is 0.0454. The predicted molar refractivity (Wildman–Crippen MR) is 74.9 cm³/mol. The number of rotatable bonds is 7. The molecule has 0 spiro atoms. The van der Waals surface area contributed by atoms with Crippen LogP contribution in [0.3, 0.4) is 0 Å². The summed E-state index contributed by atoms with van der Waals surface area (Å²) in [6, 6.07) is 1.59. The fraction of sp³-hybridized carbons (Fsp3) is 0.714. The van der Waals surface area contributed by atoms with Gasteiger partial charge in [-0.05, 0) is 39.2 Å². The van der Waals surface area contributed by atoms with E-state index in [1.54, 1.807) is 10.6 Å². The largest absolute Gasteiger partial charge is 0.315 e. The average Bonchev–Trinajstić information content (AvgIpc) is 2.25. The third-order valence-electron chi connectivity index (χ3n) is 2.97. The maximum absolute atomic E-state index is 11.8. The molecular formula is C14H25N3O. The quantitative estimate of drug-likeness (QED) is 0.753. The van der Waals surface area contributed by atoms with Crippen LogP contribution in [0.1, 0.15) is 38.2 Å². The van der Waals surface area contributed by atoms with Crippen molar-refractivity contribution in [2.45, 2.75) is 47.1 Å². The van der Waals surface area contributed by atoms with Gasteiger partial charge < -0.3 is 5.32 Å². The zero-order valence-electron chi connectivity index (χ0n) is 12.0. The van der Waals surface area contributed by atoms with Gasteiger partial charge in [0.25, 0.3) is 5.56 Å². The van der Waals surface area contributed by atoms with E-state index in [1.165, 1.54) is 12.8 Å². The number of hydrogen-bond donors (Lipinski definition) is 1. The minimum Gasteiger partial charge on any atom is -0.315 e. The van der Waals surface area contributed by atoms with Crippen molar-refractivity contribution in [2.75, 3.05) is 13.1 Å². The maximum Gasteiger partial charge on any atom is 0.253 e. The molecule has 4 heteroatoms. The molecule has 0 bridgehead atoms. The van der Waals surface area contributed by atoms with Gasteiger partial charge >= 0.3 is 0 Å². The molecule has 18 heavy (non-hydrogen) atoms. The van der Waals surface area contributed by atoms with Crippen molar-refractivity contribution >= 4 is 0 Å². The first-order valence-electron chi connectivity index (χ1n) is 6.76. The second-order valence-electron chi connectivity index (χ2n) is 5.22. The second-order valence-corrected chi connectivity index (χ2v) is 5.22. The van der Waals surface area contributed by atoms with Crippen LogP contribution in [0, 0.1) is 19.8 Å². The summed E-state index contributed by atoms with van der Waals surface area (Å²) in [5.41, 5.74) is 0.836. The van der Waals surface area contributed by atoms with Crippen molar-refractivity contribution < 1.29 is 0 Å². The number of aromatic nitrogens is 2. The van der Waals surface area contributed by atoms with Crippen LogP contribution >= 0.6 is 0 Å². The highest BCUT2D eigenvalue weighted by atomic mass is 16.1. The molecule has 0 atom stereocenters. The Balaban J connectivity index is 2.34. The summed E-state index contributed by atoms with van der Waals surface area (Å²) in [5.74, 6) is 1.56. The summed E-state index contributed by atoms with van der Waals surface area (Å²) in [7, 11) is 0. The molecule has 1 heterocycles. The van der Waals surface area contributed by atoms with E-state index in [-0.39, 0.29) is 5.56 Å². The van der Waals surface area contributed by atoms with Crippen molar-refractivity contribution in [2.24, 2.45) is 5.92 Å². The Bertz CT molecular complexity index is 424. The standard InChI is InChI=1S/C14H25N3O/c1-11(2)6-5-7-15-8-9-17-13(4)16-12(3)10-14(17)18/h10-11,15H,5-9H2,1-4H3. The van der Waals surface area contributed by atoms with Crippen molar-refractivity contribution in [3.8, 4) is 0 Å². The third kappa shape index (κ3) is 5.00. The molecule has 4 nitrogen and oxygen atoms in total. The van der Waals surface area contributed by atoms with E-state index in [9.17, 15) is 4.79 Å². The Hall–Kier alpha value is -1.16. The molecule has 0 saturated carbocycles. The first kappa shape index (κ1) is 14.9. The van der Waals surface area contributed by atoms with E-state index >= 15 is 0 Å². The molecule has 1 rings (SSSR count). The minimum absolute atomic E-state index is 0.0454. The van der Waals surface area contributed by atoms with E-state index in [0.29, 0.717) is 6.54 Å². The first-order valence-corrected chi connectivity index (χ1v) is 6.76. The summed E-state index contributed by atoms with van der Waals surface area (Å²) < 4.78 is 1.72. The molecule has 0 fully saturated rings. The van der Waals surface area contributed by atoms with E-state index in [1.807, 2.05) is 13.8 Å². The molecule has 1 N–H and O–H groups in total. The van der Waals surface area contributed by atoms with Gasteiger partial charge in [0.15, 0.2) is 0 Å². The average molecular weight is 251 g/mol. The lowest BCUT2D eigenvalue weighted by molar-refractivity contribution is 0.508. The van der Waals surface area contributed by atoms with Gasteiger partial charge in [0, 0.05) is 24.8 Å². The highest BCUT2D eigenvalue weighted by Crippen LogP contribution is 2.01. The number of nitrogens with one attached hydrogen (secondary N) is 1. The highest BCUT2D eigenvalue weighted by molar-refractivity contribution is 5.01. The summed E-state index contributed by atoms with van der Waals surface area (Å²) >= 11 is 0. The topological polar surface area (TPSA) is 46.9 Å². The van der Waals surface area contributed by atoms with Crippen molar-refractivity contribution in [3.05, 3.63) is 27.9 Å². The Labute approximate surface area is 109 Å². The third-order valence-corrected chi connectivity index (χ3v) is 2.97. The Morgan fingerprint density at radius 2 is 2.06 bits per heavy atom. The predicted octanol–water partition coefficient (Wildman–Crippen LogP) is 1.89. The molecular weight excluding hydrogens is 226 g/mol. The van der Waals surface area contributed by atoms with E-state index < -0.39 is 0 Å². The molecule has 0 aliphatic rings. The normalized spacial score (nSPS) is 11.2. The maximum atomic E-state index is 11.8. The monoisotopic (exact) mass is 251 g/mol. The van der Waals surface area contributed by atoms with Crippen molar-refractivity contribution in [1.29, 1.82) is 0 Å². The molecule has 0 aliphatic heterocycles. The fourth-order valence-electron chi connectivity index (χ4n) is 1.99. The number of aryl methyl sites for hydroxylation is 2. The van der Waals surface area contributed by atoms with Gasteiger partial charge in [0.1, 0.15) is 5.82 Å². The van der Waals surface area contributed by atoms with Gasteiger partial charge in [-0.1, -0.05) is 13.8 Å². The number of nitrogens with zero attached hydrogens (tertiary/aromatic N) is 2. The molecule has 1 aromatic rings.